The van der Waals surface area contributed by atoms with Crippen molar-refractivity contribution < 1.29 is 4.79 Å². The molecule has 118 valence electrons. The van der Waals surface area contributed by atoms with E-state index in [-0.39, 0.29) is 11.8 Å². The van der Waals surface area contributed by atoms with Gasteiger partial charge in [0.25, 0.3) is 0 Å². The van der Waals surface area contributed by atoms with Crippen LogP contribution in [0.1, 0.15) is 38.5 Å². The Morgan fingerprint density at radius 1 is 1.32 bits per heavy atom. The molecular formula is C18H25N3O. The fraction of sp³-hybridized carbons (Fsp3) is 0.556. The first-order chi connectivity index (χ1) is 10.8. The number of carbonyl (C=O) groups excluding carboxylic acids is 1. The third kappa shape index (κ3) is 3.87. The zero-order valence-corrected chi connectivity index (χ0v) is 13.1. The number of rotatable bonds is 4. The molecular weight excluding hydrogens is 274 g/mol. The van der Waals surface area contributed by atoms with Crippen molar-refractivity contribution in [1.82, 2.24) is 10.3 Å². The van der Waals surface area contributed by atoms with E-state index < -0.39 is 0 Å². The summed E-state index contributed by atoms with van der Waals surface area (Å²) in [4.78, 5) is 19.1. The zero-order valence-electron chi connectivity index (χ0n) is 13.1. The highest BCUT2D eigenvalue weighted by atomic mass is 16.1. The van der Waals surface area contributed by atoms with Gasteiger partial charge in [0.05, 0.1) is 5.92 Å². The van der Waals surface area contributed by atoms with Gasteiger partial charge in [-0.1, -0.05) is 17.7 Å². The summed E-state index contributed by atoms with van der Waals surface area (Å²) in [5, 5.41) is 3.14. The van der Waals surface area contributed by atoms with Gasteiger partial charge in [0.2, 0.25) is 5.91 Å². The van der Waals surface area contributed by atoms with Gasteiger partial charge in [0, 0.05) is 25.8 Å². The Hall–Kier alpha value is -1.84. The molecule has 1 aromatic heterocycles. The van der Waals surface area contributed by atoms with Gasteiger partial charge < -0.3 is 10.2 Å². The molecule has 2 heterocycles. The molecule has 0 radical (unpaired) electrons. The molecule has 4 heteroatoms. The SMILES string of the molecule is O=C(NCC1=CCCCC1)[C@@H]1CCCN(c2ccccn2)C1. The van der Waals surface area contributed by atoms with Crippen LogP contribution >= 0.6 is 0 Å². The van der Waals surface area contributed by atoms with Crippen LogP contribution in [0.3, 0.4) is 0 Å². The first-order valence-electron chi connectivity index (χ1n) is 8.44. The molecule has 4 nitrogen and oxygen atoms in total. The molecule has 0 unspecified atom stereocenters. The lowest BCUT2D eigenvalue weighted by Crippen LogP contribution is -2.43. The molecule has 1 N–H and O–H groups in total. The summed E-state index contributed by atoms with van der Waals surface area (Å²) in [6.07, 6.45) is 11.0. The largest absolute Gasteiger partial charge is 0.356 e. The van der Waals surface area contributed by atoms with E-state index in [1.165, 1.54) is 24.8 Å². The summed E-state index contributed by atoms with van der Waals surface area (Å²) in [7, 11) is 0. The van der Waals surface area contributed by atoms with Gasteiger partial charge in [0.15, 0.2) is 0 Å². The number of allylic oxidation sites excluding steroid dienone is 1. The van der Waals surface area contributed by atoms with Crippen LogP contribution < -0.4 is 10.2 Å². The summed E-state index contributed by atoms with van der Waals surface area (Å²) in [6.45, 7) is 2.51. The molecule has 0 bridgehead atoms. The molecule has 1 amide bonds. The van der Waals surface area contributed by atoms with Crippen LogP contribution in [0.5, 0.6) is 0 Å². The standard InChI is InChI=1S/C18H25N3O/c22-18(20-13-15-7-2-1-3-8-15)16-9-6-12-21(14-16)17-10-4-5-11-19-17/h4-5,7,10-11,16H,1-3,6,8-9,12-14H2,(H,20,22)/t16-/m1/s1. The minimum atomic E-state index is 0.0833. The van der Waals surface area contributed by atoms with Crippen LogP contribution in [0, 0.1) is 5.92 Å². The number of carbonyl (C=O) groups is 1. The molecule has 2 aliphatic rings. The topological polar surface area (TPSA) is 45.2 Å². The predicted octanol–water partition coefficient (Wildman–Crippen LogP) is 2.91. The maximum atomic E-state index is 12.4. The van der Waals surface area contributed by atoms with Crippen molar-refractivity contribution in [2.24, 2.45) is 5.92 Å². The summed E-state index contributed by atoms with van der Waals surface area (Å²) < 4.78 is 0. The second-order valence-electron chi connectivity index (χ2n) is 6.30. The van der Waals surface area contributed by atoms with Crippen LogP contribution in [0.25, 0.3) is 0 Å². The van der Waals surface area contributed by atoms with E-state index in [0.717, 1.165) is 44.7 Å². The highest BCUT2D eigenvalue weighted by Gasteiger charge is 2.26. The van der Waals surface area contributed by atoms with Crippen molar-refractivity contribution in [2.45, 2.75) is 38.5 Å². The summed E-state index contributed by atoms with van der Waals surface area (Å²) in [5.41, 5.74) is 1.40. The number of hydrogen-bond donors (Lipinski definition) is 1. The van der Waals surface area contributed by atoms with Crippen LogP contribution in [0.15, 0.2) is 36.0 Å². The van der Waals surface area contributed by atoms with Gasteiger partial charge in [-0.05, 0) is 50.7 Å². The number of nitrogens with zero attached hydrogens (tertiary/aromatic N) is 2. The predicted molar refractivity (Wildman–Crippen MR) is 88.7 cm³/mol. The van der Waals surface area contributed by atoms with E-state index >= 15 is 0 Å². The van der Waals surface area contributed by atoms with Gasteiger partial charge in [-0.15, -0.1) is 0 Å². The quantitative estimate of drug-likeness (QED) is 0.870. The fourth-order valence-electron chi connectivity index (χ4n) is 3.35. The summed E-state index contributed by atoms with van der Waals surface area (Å²) in [5.74, 6) is 1.27. The Bertz CT molecular complexity index is 526. The van der Waals surface area contributed by atoms with Crippen molar-refractivity contribution in [3.05, 3.63) is 36.0 Å². The van der Waals surface area contributed by atoms with Gasteiger partial charge >= 0.3 is 0 Å². The number of amides is 1. The minimum absolute atomic E-state index is 0.0833. The van der Waals surface area contributed by atoms with E-state index in [4.69, 9.17) is 0 Å². The maximum Gasteiger partial charge on any atom is 0.225 e. The number of nitrogens with one attached hydrogen (secondary N) is 1. The molecule has 1 aliphatic carbocycles. The van der Waals surface area contributed by atoms with E-state index in [1.54, 1.807) is 0 Å². The van der Waals surface area contributed by atoms with E-state index in [9.17, 15) is 4.79 Å². The van der Waals surface area contributed by atoms with Crippen LogP contribution in [-0.2, 0) is 4.79 Å². The molecule has 1 fully saturated rings. The van der Waals surface area contributed by atoms with Crippen molar-refractivity contribution in [3.63, 3.8) is 0 Å². The average Bonchev–Trinajstić information content (AvgIpc) is 2.61. The third-order valence-corrected chi connectivity index (χ3v) is 4.64. The fourth-order valence-corrected chi connectivity index (χ4v) is 3.35. The van der Waals surface area contributed by atoms with Crippen LogP contribution in [-0.4, -0.2) is 30.5 Å². The normalized spacial score (nSPS) is 22.1. The molecule has 0 saturated carbocycles. The highest BCUT2D eigenvalue weighted by Crippen LogP contribution is 2.22. The Labute approximate surface area is 132 Å². The van der Waals surface area contributed by atoms with Gasteiger partial charge in [0.1, 0.15) is 5.82 Å². The second-order valence-corrected chi connectivity index (χ2v) is 6.30. The first-order valence-corrected chi connectivity index (χ1v) is 8.44. The Balaban J connectivity index is 1.53. The highest BCUT2D eigenvalue weighted by molar-refractivity contribution is 5.79. The lowest BCUT2D eigenvalue weighted by molar-refractivity contribution is -0.125. The molecule has 0 aromatic carbocycles. The van der Waals surface area contributed by atoms with Gasteiger partial charge in [-0.3, -0.25) is 4.79 Å². The van der Waals surface area contributed by atoms with E-state index in [2.05, 4.69) is 21.3 Å². The molecule has 22 heavy (non-hydrogen) atoms. The van der Waals surface area contributed by atoms with Crippen molar-refractivity contribution >= 4 is 11.7 Å². The molecule has 1 atom stereocenters. The smallest absolute Gasteiger partial charge is 0.225 e. The van der Waals surface area contributed by atoms with Crippen LogP contribution in [0.2, 0.25) is 0 Å². The molecule has 1 saturated heterocycles. The summed E-state index contributed by atoms with van der Waals surface area (Å²) in [6, 6.07) is 5.95. The zero-order chi connectivity index (χ0) is 15.2. The molecule has 0 spiro atoms. The van der Waals surface area contributed by atoms with Gasteiger partial charge in [-0.25, -0.2) is 4.98 Å². The Morgan fingerprint density at radius 2 is 2.27 bits per heavy atom. The Kier molecular flexibility index (Phi) is 5.09. The molecule has 1 aliphatic heterocycles. The second kappa shape index (κ2) is 7.43. The molecule has 1 aromatic rings. The van der Waals surface area contributed by atoms with Crippen LogP contribution in [0.4, 0.5) is 5.82 Å². The average molecular weight is 299 g/mol. The number of pyridine rings is 1. The summed E-state index contributed by atoms with van der Waals surface area (Å²) >= 11 is 0. The maximum absolute atomic E-state index is 12.4. The third-order valence-electron chi connectivity index (χ3n) is 4.64. The number of anilines is 1. The monoisotopic (exact) mass is 299 g/mol. The number of aromatic nitrogens is 1. The van der Waals surface area contributed by atoms with Crippen molar-refractivity contribution in [3.8, 4) is 0 Å². The van der Waals surface area contributed by atoms with E-state index in [1.807, 2.05) is 24.4 Å². The Morgan fingerprint density at radius 3 is 3.05 bits per heavy atom. The van der Waals surface area contributed by atoms with Crippen molar-refractivity contribution in [1.29, 1.82) is 0 Å². The first kappa shape index (κ1) is 15.1. The molecule has 3 rings (SSSR count). The van der Waals surface area contributed by atoms with E-state index in [0.29, 0.717) is 0 Å². The van der Waals surface area contributed by atoms with Crippen molar-refractivity contribution in [2.75, 3.05) is 24.5 Å². The minimum Gasteiger partial charge on any atom is -0.356 e. The number of hydrogen-bond acceptors (Lipinski definition) is 3. The van der Waals surface area contributed by atoms with Gasteiger partial charge in [-0.2, -0.15) is 0 Å². The lowest BCUT2D eigenvalue weighted by atomic mass is 9.96. The lowest BCUT2D eigenvalue weighted by Gasteiger charge is -2.33. The number of piperidine rings is 1.